The second kappa shape index (κ2) is 5.65. The Bertz CT molecular complexity index is 639. The van der Waals surface area contributed by atoms with Crippen molar-refractivity contribution in [3.8, 4) is 0 Å². The Balaban J connectivity index is 3.29. The Labute approximate surface area is 120 Å². The third-order valence-corrected chi connectivity index (χ3v) is 3.38. The lowest BCUT2D eigenvalue weighted by Gasteiger charge is -2.19. The fourth-order valence-electron chi connectivity index (χ4n) is 1.14. The van der Waals surface area contributed by atoms with E-state index in [1.54, 1.807) is 25.7 Å². The Kier molecular flexibility index (Phi) is 4.75. The topological polar surface area (TPSA) is 92.7 Å². The van der Waals surface area contributed by atoms with Gasteiger partial charge in [0.15, 0.2) is 5.82 Å². The molecule has 1 rings (SSSR count). The van der Waals surface area contributed by atoms with Crippen LogP contribution in [0.1, 0.15) is 31.1 Å². The predicted molar refractivity (Wildman–Crippen MR) is 69.5 cm³/mol. The van der Waals surface area contributed by atoms with Gasteiger partial charge in [-0.25, -0.2) is 17.6 Å². The van der Waals surface area contributed by atoms with Gasteiger partial charge >= 0.3 is 5.97 Å². The van der Waals surface area contributed by atoms with Crippen molar-refractivity contribution in [2.75, 3.05) is 0 Å². The largest absolute Gasteiger partial charge is 0.478 e. The number of aromatic carboxylic acids is 1. The highest BCUT2D eigenvalue weighted by molar-refractivity contribution is 7.89. The Hall–Kier alpha value is -1.22. The van der Waals surface area contributed by atoms with Gasteiger partial charge in [0.05, 0.1) is 11.2 Å². The van der Waals surface area contributed by atoms with E-state index in [2.05, 4.69) is 0 Å². The number of sulfonamides is 1. The maximum absolute atomic E-state index is 13.9. The smallest absolute Gasteiger partial charge is 0.338 e. The molecule has 0 spiro atoms. The number of carboxylic acid groups (broad SMARTS) is 1. The third-order valence-electron chi connectivity index (χ3n) is 1.98. The summed E-state index contributed by atoms with van der Waals surface area (Å²) in [6.45, 7) is 4.73. The number of hydrogen-bond acceptors (Lipinski definition) is 4. The molecule has 20 heavy (non-hydrogen) atoms. The van der Waals surface area contributed by atoms with Gasteiger partial charge < -0.3 is 5.11 Å². The number of rotatable bonds is 4. The van der Waals surface area contributed by atoms with Crippen molar-refractivity contribution in [3.05, 3.63) is 28.5 Å². The molecule has 0 aliphatic carbocycles. The van der Waals surface area contributed by atoms with Crippen LogP contribution in [0, 0.1) is 5.82 Å². The molecule has 6 nitrogen and oxygen atoms in total. The maximum Gasteiger partial charge on any atom is 0.338 e. The molecule has 0 radical (unpaired) electrons. The second-order valence-corrected chi connectivity index (χ2v) is 6.92. The van der Waals surface area contributed by atoms with E-state index in [0.717, 1.165) is 12.1 Å². The van der Waals surface area contributed by atoms with Gasteiger partial charge in [-0.2, -0.15) is 0 Å². The first kappa shape index (κ1) is 16.8. The highest BCUT2D eigenvalue weighted by Crippen LogP contribution is 2.24. The zero-order valence-corrected chi connectivity index (χ0v) is 12.5. The number of carbonyl (C=O) groups is 1. The summed E-state index contributed by atoms with van der Waals surface area (Å²) in [5.74, 6) is -3.04. The van der Waals surface area contributed by atoms with E-state index in [4.69, 9.17) is 21.5 Å². The quantitative estimate of drug-likeness (QED) is 0.828. The summed E-state index contributed by atoms with van der Waals surface area (Å²) in [5, 5.41) is 8.57. The molecule has 0 saturated carbocycles. The lowest BCUT2D eigenvalue weighted by molar-refractivity contribution is -0.0358. The van der Waals surface area contributed by atoms with Crippen molar-refractivity contribution in [1.82, 2.24) is 4.89 Å². The summed E-state index contributed by atoms with van der Waals surface area (Å²) in [4.78, 5) is 16.5. The van der Waals surface area contributed by atoms with Crippen LogP contribution in [0.4, 0.5) is 4.39 Å². The van der Waals surface area contributed by atoms with Gasteiger partial charge in [0.1, 0.15) is 4.90 Å². The van der Waals surface area contributed by atoms with Crippen molar-refractivity contribution >= 4 is 27.6 Å². The molecule has 2 N–H and O–H groups in total. The van der Waals surface area contributed by atoms with E-state index in [1.165, 1.54) is 0 Å². The van der Waals surface area contributed by atoms with Gasteiger partial charge in [-0.1, -0.05) is 16.5 Å². The van der Waals surface area contributed by atoms with Crippen molar-refractivity contribution in [3.63, 3.8) is 0 Å². The van der Waals surface area contributed by atoms with Crippen molar-refractivity contribution < 1.29 is 27.5 Å². The first-order chi connectivity index (χ1) is 8.94. The Morgan fingerprint density at radius 3 is 2.40 bits per heavy atom. The molecule has 112 valence electrons. The van der Waals surface area contributed by atoms with E-state index in [-0.39, 0.29) is 5.02 Å². The molecule has 0 atom stereocenters. The van der Waals surface area contributed by atoms with Crippen LogP contribution in [0.15, 0.2) is 17.0 Å². The molecule has 0 saturated heterocycles. The van der Waals surface area contributed by atoms with E-state index < -0.39 is 37.9 Å². The van der Waals surface area contributed by atoms with Gasteiger partial charge in [-0.05, 0) is 32.9 Å². The van der Waals surface area contributed by atoms with Crippen LogP contribution in [0.25, 0.3) is 0 Å². The number of carboxylic acids is 1. The molecule has 0 unspecified atom stereocenters. The highest BCUT2D eigenvalue weighted by atomic mass is 35.5. The summed E-state index contributed by atoms with van der Waals surface area (Å²) in [6, 6.07) is 1.63. The Morgan fingerprint density at radius 1 is 1.40 bits per heavy atom. The van der Waals surface area contributed by atoms with Crippen LogP contribution in [-0.2, 0) is 14.9 Å². The molecule has 0 aliphatic heterocycles. The normalized spacial score (nSPS) is 12.4. The molecule has 0 aliphatic rings. The second-order valence-electron chi connectivity index (χ2n) is 4.87. The van der Waals surface area contributed by atoms with Crippen LogP contribution in [0.2, 0.25) is 5.02 Å². The van der Waals surface area contributed by atoms with Crippen molar-refractivity contribution in [1.29, 1.82) is 0 Å². The average molecular weight is 326 g/mol. The summed E-state index contributed by atoms with van der Waals surface area (Å²) >= 11 is 5.60. The minimum absolute atomic E-state index is 0.222. The van der Waals surface area contributed by atoms with E-state index in [1.807, 2.05) is 0 Å². The third kappa shape index (κ3) is 4.14. The van der Waals surface area contributed by atoms with E-state index >= 15 is 0 Å². The van der Waals surface area contributed by atoms with Crippen LogP contribution >= 0.6 is 11.6 Å². The molecule has 1 aromatic carbocycles. The molecule has 9 heteroatoms. The van der Waals surface area contributed by atoms with Crippen LogP contribution in [0.5, 0.6) is 0 Å². The summed E-state index contributed by atoms with van der Waals surface area (Å²) < 4.78 is 37.7. The number of nitrogens with one attached hydrogen (secondary N) is 1. The molecule has 0 bridgehead atoms. The minimum atomic E-state index is -4.40. The van der Waals surface area contributed by atoms with Gasteiger partial charge in [0.2, 0.25) is 0 Å². The van der Waals surface area contributed by atoms with E-state index in [0.29, 0.717) is 0 Å². The number of benzene rings is 1. The zero-order valence-electron chi connectivity index (χ0n) is 10.9. The van der Waals surface area contributed by atoms with Gasteiger partial charge in [0.25, 0.3) is 10.0 Å². The fraction of sp³-hybridized carbons (Fsp3) is 0.364. The monoisotopic (exact) mass is 325 g/mol. The molecule has 0 fully saturated rings. The van der Waals surface area contributed by atoms with Crippen LogP contribution in [0.3, 0.4) is 0 Å². The lowest BCUT2D eigenvalue weighted by Crippen LogP contribution is -2.34. The van der Waals surface area contributed by atoms with Gasteiger partial charge in [-0.3, -0.25) is 4.84 Å². The first-order valence-corrected chi connectivity index (χ1v) is 7.22. The molecular formula is C11H13ClFNO5S. The van der Waals surface area contributed by atoms with Crippen LogP contribution < -0.4 is 4.89 Å². The Morgan fingerprint density at radius 2 is 1.95 bits per heavy atom. The standard InChI is InChI=1S/C11H13ClFNO5S/c1-11(2,3)19-14-20(17,18)8-5-6(12)4-7(9(8)13)10(15)16/h4-5,14H,1-3H3,(H,15,16). The SMILES string of the molecule is CC(C)(C)ONS(=O)(=O)c1cc(Cl)cc(C(=O)O)c1F. The van der Waals surface area contributed by atoms with E-state index in [9.17, 15) is 17.6 Å². The molecule has 0 amide bonds. The van der Waals surface area contributed by atoms with Crippen molar-refractivity contribution in [2.24, 2.45) is 0 Å². The highest BCUT2D eigenvalue weighted by Gasteiger charge is 2.27. The molecular weight excluding hydrogens is 313 g/mol. The first-order valence-electron chi connectivity index (χ1n) is 5.36. The summed E-state index contributed by atoms with van der Waals surface area (Å²) in [6.07, 6.45) is 0. The zero-order chi connectivity index (χ0) is 15.7. The maximum atomic E-state index is 13.9. The van der Waals surface area contributed by atoms with Crippen molar-refractivity contribution in [2.45, 2.75) is 31.3 Å². The number of hydrogen-bond donors (Lipinski definition) is 2. The summed E-state index contributed by atoms with van der Waals surface area (Å²) in [7, 11) is -4.40. The fourth-order valence-corrected chi connectivity index (χ4v) is 2.50. The molecule has 0 heterocycles. The number of halogens is 2. The average Bonchev–Trinajstić information content (AvgIpc) is 2.28. The minimum Gasteiger partial charge on any atom is -0.478 e. The molecule has 1 aromatic rings. The molecule has 0 aromatic heterocycles. The van der Waals surface area contributed by atoms with Gasteiger partial charge in [-0.15, -0.1) is 0 Å². The van der Waals surface area contributed by atoms with Gasteiger partial charge in [0, 0.05) is 5.02 Å². The summed E-state index contributed by atoms with van der Waals surface area (Å²) in [5.41, 5.74) is -1.69. The predicted octanol–water partition coefficient (Wildman–Crippen LogP) is 2.19. The van der Waals surface area contributed by atoms with Crippen LogP contribution in [-0.4, -0.2) is 25.1 Å². The lowest BCUT2D eigenvalue weighted by atomic mass is 10.2.